The molecular formula is C41H52ClN5O6. The molecule has 0 aliphatic carbocycles. The number of methoxy groups -OCH3 is 2. The van der Waals surface area contributed by atoms with Crippen LogP contribution in [0.1, 0.15) is 74.1 Å². The Morgan fingerprint density at radius 3 is 2.45 bits per heavy atom. The minimum Gasteiger partial charge on any atom is -0.465 e. The van der Waals surface area contributed by atoms with Gasteiger partial charge in [0.25, 0.3) is 5.91 Å². The Hall–Kier alpha value is -4.45. The quantitative estimate of drug-likeness (QED) is 0.123. The molecule has 12 heteroatoms. The number of halogens is 1. The molecule has 4 aromatic rings. The summed E-state index contributed by atoms with van der Waals surface area (Å²) in [6, 6.07) is 20.5. The van der Waals surface area contributed by atoms with Crippen LogP contribution in [-0.2, 0) is 27.2 Å². The highest BCUT2D eigenvalue weighted by Crippen LogP contribution is 2.32. The number of piperidine rings is 1. The van der Waals surface area contributed by atoms with E-state index in [0.29, 0.717) is 49.9 Å². The van der Waals surface area contributed by atoms with Crippen LogP contribution in [0.4, 0.5) is 4.79 Å². The van der Waals surface area contributed by atoms with Crippen LogP contribution < -0.4 is 5.32 Å². The maximum absolute atomic E-state index is 14.1. The molecule has 0 unspecified atom stereocenters. The van der Waals surface area contributed by atoms with Crippen LogP contribution in [0.3, 0.4) is 0 Å². The number of fused-ring (bicyclic) bond motifs is 1. The Labute approximate surface area is 317 Å². The maximum Gasteiger partial charge on any atom is 0.408 e. The summed E-state index contributed by atoms with van der Waals surface area (Å²) in [5.41, 5.74) is 4.26. The summed E-state index contributed by atoms with van der Waals surface area (Å²) < 4.78 is 12.6. The van der Waals surface area contributed by atoms with Crippen molar-refractivity contribution in [1.29, 1.82) is 0 Å². The van der Waals surface area contributed by atoms with Crippen molar-refractivity contribution in [2.75, 3.05) is 47.1 Å². The third-order valence-corrected chi connectivity index (χ3v) is 10.1. The summed E-state index contributed by atoms with van der Waals surface area (Å²) in [7, 11) is 3.28. The standard InChI is InChI=1S/C41H52ClN5O6/c1-41(2,3)47(40(50)51)32(24-28-13-15-29(16-14-28)33-18-17-30(25-34(33)42)39(49)43-19-23-53-5)26-37(48)45-20-8-10-31(27-45)38-44-35-11-6-7-12-36(35)46(38)21-9-22-52-4/h6-7,11-18,25,31-32H,8-10,19-24,26-27H2,1-5H3,(H,43,49)(H,50,51)/t31-,32-/m1/s1. The number of rotatable bonds is 15. The van der Waals surface area contributed by atoms with Gasteiger partial charge in [0.15, 0.2) is 0 Å². The van der Waals surface area contributed by atoms with E-state index >= 15 is 0 Å². The van der Waals surface area contributed by atoms with Gasteiger partial charge in [0.1, 0.15) is 5.82 Å². The highest BCUT2D eigenvalue weighted by atomic mass is 35.5. The molecule has 5 rings (SSSR count). The lowest BCUT2D eigenvalue weighted by Gasteiger charge is -2.41. The molecule has 3 aromatic carbocycles. The summed E-state index contributed by atoms with van der Waals surface area (Å²) >= 11 is 6.63. The van der Waals surface area contributed by atoms with Gasteiger partial charge < -0.3 is 29.4 Å². The van der Waals surface area contributed by atoms with Crippen molar-refractivity contribution in [3.05, 3.63) is 88.7 Å². The van der Waals surface area contributed by atoms with Gasteiger partial charge in [0, 0.05) is 87.1 Å². The summed E-state index contributed by atoms with van der Waals surface area (Å²) in [6.45, 7) is 8.97. The second-order valence-corrected chi connectivity index (χ2v) is 15.1. The smallest absolute Gasteiger partial charge is 0.408 e. The third-order valence-electron chi connectivity index (χ3n) is 9.82. The fourth-order valence-electron chi connectivity index (χ4n) is 7.35. The number of nitrogens with zero attached hydrogens (tertiary/aromatic N) is 4. The first kappa shape index (κ1) is 39.8. The van der Waals surface area contributed by atoms with Crippen molar-refractivity contribution in [2.24, 2.45) is 0 Å². The maximum atomic E-state index is 14.1. The summed E-state index contributed by atoms with van der Waals surface area (Å²) in [4.78, 5) is 47.7. The molecule has 1 saturated heterocycles. The van der Waals surface area contributed by atoms with Gasteiger partial charge in [-0.05, 0) is 81.8 Å². The number of hydrogen-bond donors (Lipinski definition) is 2. The Morgan fingerprint density at radius 2 is 1.77 bits per heavy atom. The number of carbonyl (C=O) groups excluding carboxylic acids is 2. The monoisotopic (exact) mass is 745 g/mol. The van der Waals surface area contributed by atoms with Gasteiger partial charge in [0.05, 0.1) is 17.6 Å². The van der Waals surface area contributed by atoms with E-state index in [2.05, 4.69) is 16.0 Å². The lowest BCUT2D eigenvalue weighted by molar-refractivity contribution is -0.134. The van der Waals surface area contributed by atoms with E-state index in [4.69, 9.17) is 26.1 Å². The van der Waals surface area contributed by atoms with Gasteiger partial charge in [-0.1, -0.05) is 54.1 Å². The molecule has 0 radical (unpaired) electrons. The summed E-state index contributed by atoms with van der Waals surface area (Å²) in [5.74, 6) is 0.759. The van der Waals surface area contributed by atoms with Crippen molar-refractivity contribution in [3.8, 4) is 11.1 Å². The largest absolute Gasteiger partial charge is 0.465 e. The Bertz CT molecular complexity index is 1870. The van der Waals surface area contributed by atoms with E-state index in [1.807, 2.05) is 74.2 Å². The Balaban J connectivity index is 1.33. The predicted molar refractivity (Wildman–Crippen MR) is 208 cm³/mol. The van der Waals surface area contributed by atoms with Crippen LogP contribution in [-0.4, -0.2) is 101 Å². The van der Waals surface area contributed by atoms with E-state index in [1.165, 1.54) is 4.90 Å². The topological polar surface area (TPSA) is 126 Å². The fourth-order valence-corrected chi connectivity index (χ4v) is 7.64. The number of ether oxygens (including phenoxy) is 2. The molecule has 1 aliphatic rings. The van der Waals surface area contributed by atoms with E-state index in [-0.39, 0.29) is 24.2 Å². The lowest BCUT2D eigenvalue weighted by atomic mass is 9.93. The number of carboxylic acid groups (broad SMARTS) is 1. The molecule has 0 bridgehead atoms. The highest BCUT2D eigenvalue weighted by Gasteiger charge is 2.37. The molecule has 1 aromatic heterocycles. The van der Waals surface area contributed by atoms with Crippen LogP contribution in [0.5, 0.6) is 0 Å². The molecule has 284 valence electrons. The van der Waals surface area contributed by atoms with Crippen molar-refractivity contribution in [1.82, 2.24) is 24.7 Å². The number of amides is 3. The number of benzene rings is 3. The van der Waals surface area contributed by atoms with Crippen LogP contribution >= 0.6 is 11.6 Å². The second kappa shape index (κ2) is 18.1. The first-order valence-electron chi connectivity index (χ1n) is 18.3. The van der Waals surface area contributed by atoms with Crippen molar-refractivity contribution in [3.63, 3.8) is 0 Å². The zero-order chi connectivity index (χ0) is 38.1. The minimum absolute atomic E-state index is 0.0576. The summed E-state index contributed by atoms with van der Waals surface area (Å²) in [5, 5.41) is 13.7. The highest BCUT2D eigenvalue weighted by molar-refractivity contribution is 6.33. The summed E-state index contributed by atoms with van der Waals surface area (Å²) in [6.07, 6.45) is 1.97. The zero-order valence-corrected chi connectivity index (χ0v) is 32.2. The van der Waals surface area contributed by atoms with Gasteiger partial charge in [0.2, 0.25) is 5.91 Å². The minimum atomic E-state index is -1.06. The Morgan fingerprint density at radius 1 is 1.04 bits per heavy atom. The van der Waals surface area contributed by atoms with Gasteiger partial charge in [-0.25, -0.2) is 9.78 Å². The van der Waals surface area contributed by atoms with Crippen LogP contribution in [0.25, 0.3) is 22.2 Å². The van der Waals surface area contributed by atoms with Gasteiger partial charge in [-0.15, -0.1) is 0 Å². The van der Waals surface area contributed by atoms with Crippen molar-refractivity contribution in [2.45, 2.75) is 76.9 Å². The third kappa shape index (κ3) is 9.96. The van der Waals surface area contributed by atoms with E-state index < -0.39 is 17.7 Å². The van der Waals surface area contributed by atoms with Gasteiger partial charge >= 0.3 is 6.09 Å². The average molecular weight is 746 g/mol. The lowest BCUT2D eigenvalue weighted by Crippen LogP contribution is -2.54. The fraction of sp³-hybridized carbons (Fsp3) is 0.463. The van der Waals surface area contributed by atoms with E-state index in [1.54, 1.807) is 26.4 Å². The van der Waals surface area contributed by atoms with Crippen molar-refractivity contribution >= 4 is 40.5 Å². The van der Waals surface area contributed by atoms with E-state index in [0.717, 1.165) is 59.4 Å². The molecule has 11 nitrogen and oxygen atoms in total. The number of para-hydroxylation sites is 2. The van der Waals surface area contributed by atoms with Gasteiger partial charge in [-0.3, -0.25) is 14.5 Å². The van der Waals surface area contributed by atoms with Crippen LogP contribution in [0.15, 0.2) is 66.7 Å². The second-order valence-electron chi connectivity index (χ2n) is 14.7. The number of hydrogen-bond acceptors (Lipinski definition) is 6. The first-order chi connectivity index (χ1) is 25.4. The molecule has 1 fully saturated rings. The molecule has 1 aliphatic heterocycles. The van der Waals surface area contributed by atoms with E-state index in [9.17, 15) is 19.5 Å². The normalized spacial score (nSPS) is 15.4. The van der Waals surface area contributed by atoms with Crippen LogP contribution in [0, 0.1) is 0 Å². The number of nitrogens with one attached hydrogen (secondary N) is 1. The van der Waals surface area contributed by atoms with Crippen molar-refractivity contribution < 1.29 is 29.0 Å². The van der Waals surface area contributed by atoms with Gasteiger partial charge in [-0.2, -0.15) is 0 Å². The molecule has 2 N–H and O–H groups in total. The number of aromatic nitrogens is 2. The number of likely N-dealkylation sites (tertiary alicyclic amines) is 1. The van der Waals surface area contributed by atoms with Crippen LogP contribution in [0.2, 0.25) is 5.02 Å². The molecule has 2 atom stereocenters. The molecule has 2 heterocycles. The number of aryl methyl sites for hydroxylation is 1. The molecular weight excluding hydrogens is 694 g/mol. The number of carbonyl (C=O) groups is 3. The predicted octanol–water partition coefficient (Wildman–Crippen LogP) is 7.26. The molecule has 0 saturated carbocycles. The molecule has 3 amide bonds. The molecule has 53 heavy (non-hydrogen) atoms. The molecule has 0 spiro atoms. The Kier molecular flexibility index (Phi) is 13.5. The SMILES string of the molecule is COCCCn1c([C@@H]2CCCN(C(=O)C[C@@H](Cc3ccc(-c4ccc(C(=O)NCCOC)cc4Cl)cc3)N(C(=O)O)C(C)(C)C)C2)nc2ccccc21. The zero-order valence-electron chi connectivity index (χ0n) is 31.4. The average Bonchev–Trinajstić information content (AvgIpc) is 3.50. The number of imidazole rings is 1. The first-order valence-corrected chi connectivity index (χ1v) is 18.7.